The Labute approximate surface area is 84.8 Å². The van der Waals surface area contributed by atoms with Crippen LogP contribution in [0.15, 0.2) is 11.8 Å². The lowest BCUT2D eigenvalue weighted by Gasteiger charge is -2.17. The van der Waals surface area contributed by atoms with Crippen molar-refractivity contribution in [3.8, 4) is 0 Å². The minimum atomic E-state index is -3.45. The second-order valence-electron chi connectivity index (χ2n) is 4.30. The van der Waals surface area contributed by atoms with Crippen molar-refractivity contribution < 1.29 is 12.6 Å². The van der Waals surface area contributed by atoms with E-state index in [0.29, 0.717) is 12.5 Å². The zero-order valence-electron chi connectivity index (χ0n) is 8.60. The molecule has 2 fully saturated rings. The van der Waals surface area contributed by atoms with E-state index in [-0.39, 0.29) is 12.0 Å². The van der Waals surface area contributed by atoms with Crippen molar-refractivity contribution in [2.24, 2.45) is 11.8 Å². The molecule has 2 aliphatic heterocycles. The Morgan fingerprint density at radius 1 is 1.57 bits per heavy atom. The molecule has 0 amide bonds. The summed E-state index contributed by atoms with van der Waals surface area (Å²) in [7, 11) is -3.45. The topological polar surface area (TPSA) is 46.4 Å². The third-order valence-corrected chi connectivity index (χ3v) is 3.86. The lowest BCUT2D eigenvalue weighted by atomic mass is 10.1. The van der Waals surface area contributed by atoms with Gasteiger partial charge in [-0.2, -0.15) is 8.42 Å². The van der Waals surface area contributed by atoms with Gasteiger partial charge in [0, 0.05) is 5.92 Å². The van der Waals surface area contributed by atoms with Crippen LogP contribution in [-0.2, 0) is 14.5 Å². The standard InChI is InChI=1S/C9H15NO3S/c1-6(2)4-8-9-7(3)5-13-14(11,12)10(8)9/h4,6-7,9H,5H2,1-3H3/b8-4+/t7-,9-,10?/m0/s1. The van der Waals surface area contributed by atoms with Crippen molar-refractivity contribution in [2.75, 3.05) is 6.61 Å². The molecule has 0 radical (unpaired) electrons. The minimum Gasteiger partial charge on any atom is -0.253 e. The van der Waals surface area contributed by atoms with Crippen molar-refractivity contribution in [3.05, 3.63) is 11.8 Å². The molecule has 4 nitrogen and oxygen atoms in total. The third kappa shape index (κ3) is 1.44. The van der Waals surface area contributed by atoms with Crippen LogP contribution in [0, 0.1) is 11.8 Å². The largest absolute Gasteiger partial charge is 0.362 e. The molecule has 0 aromatic heterocycles. The third-order valence-electron chi connectivity index (χ3n) is 2.51. The van der Waals surface area contributed by atoms with Gasteiger partial charge in [-0.15, -0.1) is 0 Å². The first kappa shape index (κ1) is 9.98. The van der Waals surface area contributed by atoms with Gasteiger partial charge in [0.1, 0.15) is 0 Å². The predicted molar refractivity (Wildman–Crippen MR) is 52.6 cm³/mol. The summed E-state index contributed by atoms with van der Waals surface area (Å²) in [5, 5.41) is 0. The molecule has 0 aromatic rings. The normalized spacial score (nSPS) is 37.4. The van der Waals surface area contributed by atoms with Crippen molar-refractivity contribution in [1.82, 2.24) is 4.31 Å². The first-order chi connectivity index (χ1) is 6.43. The average molecular weight is 217 g/mol. The van der Waals surface area contributed by atoms with Crippen LogP contribution in [0.2, 0.25) is 0 Å². The van der Waals surface area contributed by atoms with Crippen LogP contribution in [0.1, 0.15) is 20.8 Å². The summed E-state index contributed by atoms with van der Waals surface area (Å²) in [4.78, 5) is 0. The molecule has 0 unspecified atom stereocenters. The van der Waals surface area contributed by atoms with Gasteiger partial charge in [0.15, 0.2) is 0 Å². The van der Waals surface area contributed by atoms with E-state index in [2.05, 4.69) is 0 Å². The van der Waals surface area contributed by atoms with Crippen LogP contribution >= 0.6 is 0 Å². The van der Waals surface area contributed by atoms with E-state index in [9.17, 15) is 8.42 Å². The highest BCUT2D eigenvalue weighted by molar-refractivity contribution is 7.84. The second kappa shape index (κ2) is 2.97. The lowest BCUT2D eigenvalue weighted by molar-refractivity contribution is 0.215. The van der Waals surface area contributed by atoms with Gasteiger partial charge in [-0.3, -0.25) is 4.18 Å². The molecule has 14 heavy (non-hydrogen) atoms. The molecule has 2 rings (SSSR count). The van der Waals surface area contributed by atoms with Crippen LogP contribution in [0.5, 0.6) is 0 Å². The van der Waals surface area contributed by atoms with E-state index in [0.717, 1.165) is 5.70 Å². The zero-order chi connectivity index (χ0) is 10.5. The molecule has 0 bridgehead atoms. The number of hydrogen-bond acceptors (Lipinski definition) is 3. The maximum Gasteiger partial charge on any atom is 0.362 e. The van der Waals surface area contributed by atoms with E-state index in [1.54, 1.807) is 0 Å². The molecule has 2 saturated heterocycles. The van der Waals surface area contributed by atoms with Gasteiger partial charge >= 0.3 is 10.3 Å². The minimum absolute atomic E-state index is 0.0659. The van der Waals surface area contributed by atoms with Crippen molar-refractivity contribution in [3.63, 3.8) is 0 Å². The fourth-order valence-electron chi connectivity index (χ4n) is 1.85. The molecule has 0 N–H and O–H groups in total. The Morgan fingerprint density at radius 3 is 2.71 bits per heavy atom. The van der Waals surface area contributed by atoms with Crippen molar-refractivity contribution in [2.45, 2.75) is 26.8 Å². The number of fused-ring (bicyclic) bond motifs is 1. The van der Waals surface area contributed by atoms with E-state index in [4.69, 9.17) is 4.18 Å². The Balaban J connectivity index is 2.28. The fraction of sp³-hybridized carbons (Fsp3) is 0.778. The van der Waals surface area contributed by atoms with Gasteiger partial charge < -0.3 is 0 Å². The number of hydrogen-bond donors (Lipinski definition) is 0. The quantitative estimate of drug-likeness (QED) is 0.618. The van der Waals surface area contributed by atoms with Crippen LogP contribution in [0.25, 0.3) is 0 Å². The molecule has 0 aromatic carbocycles. The van der Waals surface area contributed by atoms with E-state index >= 15 is 0 Å². The van der Waals surface area contributed by atoms with Gasteiger partial charge in [0.05, 0.1) is 18.3 Å². The Kier molecular flexibility index (Phi) is 2.12. The molecular formula is C9H15NO3S. The smallest absolute Gasteiger partial charge is 0.253 e. The first-order valence-corrected chi connectivity index (χ1v) is 6.20. The summed E-state index contributed by atoms with van der Waals surface area (Å²) in [6, 6.07) is 0.0659. The number of rotatable bonds is 1. The lowest BCUT2D eigenvalue weighted by Crippen LogP contribution is -2.29. The van der Waals surface area contributed by atoms with Crippen molar-refractivity contribution in [1.29, 1.82) is 0 Å². The van der Waals surface area contributed by atoms with Gasteiger partial charge in [-0.1, -0.05) is 26.8 Å². The van der Waals surface area contributed by atoms with Gasteiger partial charge in [0.25, 0.3) is 0 Å². The molecule has 2 atom stereocenters. The summed E-state index contributed by atoms with van der Waals surface area (Å²) in [6.07, 6.45) is 1.99. The molecule has 2 heterocycles. The van der Waals surface area contributed by atoms with E-state index in [1.165, 1.54) is 4.31 Å². The maximum absolute atomic E-state index is 11.4. The highest BCUT2D eigenvalue weighted by atomic mass is 32.2. The summed E-state index contributed by atoms with van der Waals surface area (Å²) in [5.41, 5.74) is 0.907. The van der Waals surface area contributed by atoms with Gasteiger partial charge in [0.2, 0.25) is 0 Å². The molecule has 5 heteroatoms. The highest BCUT2D eigenvalue weighted by Crippen LogP contribution is 2.45. The summed E-state index contributed by atoms with van der Waals surface area (Å²) < 4.78 is 29.0. The van der Waals surface area contributed by atoms with Crippen LogP contribution < -0.4 is 0 Å². The number of nitrogens with zero attached hydrogens (tertiary/aromatic N) is 1. The van der Waals surface area contributed by atoms with Crippen molar-refractivity contribution >= 4 is 10.3 Å². The average Bonchev–Trinajstić information content (AvgIpc) is 2.73. The van der Waals surface area contributed by atoms with Crippen LogP contribution in [0.3, 0.4) is 0 Å². The van der Waals surface area contributed by atoms with Gasteiger partial charge in [-0.25, -0.2) is 4.31 Å². The summed E-state index contributed by atoms with van der Waals surface area (Å²) in [6.45, 7) is 6.39. The van der Waals surface area contributed by atoms with E-state index in [1.807, 2.05) is 26.8 Å². The molecular weight excluding hydrogens is 202 g/mol. The maximum atomic E-state index is 11.4. The molecule has 0 saturated carbocycles. The Hall–Kier alpha value is -0.550. The van der Waals surface area contributed by atoms with Gasteiger partial charge in [-0.05, 0) is 5.92 Å². The molecule has 0 aliphatic carbocycles. The predicted octanol–water partition coefficient (Wildman–Crippen LogP) is 1.12. The summed E-state index contributed by atoms with van der Waals surface area (Å²) >= 11 is 0. The second-order valence-corrected chi connectivity index (χ2v) is 5.78. The Morgan fingerprint density at radius 2 is 2.21 bits per heavy atom. The summed E-state index contributed by atoms with van der Waals surface area (Å²) in [5.74, 6) is 0.640. The van der Waals surface area contributed by atoms with E-state index < -0.39 is 10.3 Å². The zero-order valence-corrected chi connectivity index (χ0v) is 9.41. The molecule has 80 valence electrons. The SMILES string of the molecule is CC(C)/C=C1\[C@@H]2[C@@H](C)COS(=O)(=O)N12. The van der Waals surface area contributed by atoms with Crippen LogP contribution in [0.4, 0.5) is 0 Å². The monoisotopic (exact) mass is 217 g/mol. The molecule has 2 aliphatic rings. The molecule has 0 spiro atoms. The number of allylic oxidation sites excluding steroid dienone is 1. The van der Waals surface area contributed by atoms with Crippen LogP contribution in [-0.4, -0.2) is 25.4 Å². The Bertz CT molecular complexity index is 372. The highest BCUT2D eigenvalue weighted by Gasteiger charge is 2.56. The fourth-order valence-corrected chi connectivity index (χ4v) is 3.33. The first-order valence-electron chi connectivity index (χ1n) is 4.84.